The largest absolute Gasteiger partial charge is 0.496 e. The van der Waals surface area contributed by atoms with Gasteiger partial charge in [0, 0.05) is 19.0 Å². The molecule has 0 aliphatic rings. The third-order valence-electron chi connectivity index (χ3n) is 4.56. The predicted molar refractivity (Wildman–Crippen MR) is 115 cm³/mol. The summed E-state index contributed by atoms with van der Waals surface area (Å²) in [5, 5.41) is 4.60. The molecule has 1 aromatic heterocycles. The molecule has 30 heavy (non-hydrogen) atoms. The van der Waals surface area contributed by atoms with Gasteiger partial charge < -0.3 is 9.64 Å². The Morgan fingerprint density at radius 3 is 2.67 bits per heavy atom. The van der Waals surface area contributed by atoms with Crippen molar-refractivity contribution in [3.63, 3.8) is 0 Å². The highest BCUT2D eigenvalue weighted by Crippen LogP contribution is 2.20. The van der Waals surface area contributed by atoms with E-state index in [2.05, 4.69) is 10.3 Å². The van der Waals surface area contributed by atoms with Gasteiger partial charge in [0.25, 0.3) is 5.91 Å². The van der Waals surface area contributed by atoms with Crippen LogP contribution in [0.25, 0.3) is 0 Å². The number of aromatic nitrogens is 1. The molecule has 156 valence electrons. The first kappa shape index (κ1) is 21.4. The van der Waals surface area contributed by atoms with Gasteiger partial charge in [-0.25, -0.2) is 9.37 Å². The fourth-order valence-corrected chi connectivity index (χ4v) is 3.57. The van der Waals surface area contributed by atoms with Crippen LogP contribution in [0.4, 0.5) is 9.52 Å². The Labute approximate surface area is 178 Å². The number of halogens is 1. The summed E-state index contributed by atoms with van der Waals surface area (Å²) in [4.78, 5) is 30.6. The molecule has 2 aromatic carbocycles. The van der Waals surface area contributed by atoms with E-state index in [0.29, 0.717) is 23.8 Å². The van der Waals surface area contributed by atoms with Gasteiger partial charge in [-0.15, -0.1) is 11.3 Å². The molecule has 0 radical (unpaired) electrons. The first-order chi connectivity index (χ1) is 14.5. The zero-order valence-electron chi connectivity index (χ0n) is 16.7. The van der Waals surface area contributed by atoms with Gasteiger partial charge in [-0.1, -0.05) is 30.3 Å². The number of benzene rings is 2. The Kier molecular flexibility index (Phi) is 7.13. The van der Waals surface area contributed by atoms with Crippen molar-refractivity contribution < 1.29 is 18.7 Å². The van der Waals surface area contributed by atoms with Crippen molar-refractivity contribution in [1.29, 1.82) is 0 Å². The van der Waals surface area contributed by atoms with Crippen molar-refractivity contribution in [2.75, 3.05) is 26.0 Å². The summed E-state index contributed by atoms with van der Waals surface area (Å²) in [5.74, 6) is -0.455. The molecule has 0 fully saturated rings. The highest BCUT2D eigenvalue weighted by Gasteiger charge is 2.16. The Balaban J connectivity index is 1.54. The van der Waals surface area contributed by atoms with Gasteiger partial charge in [-0.2, -0.15) is 0 Å². The third-order valence-corrected chi connectivity index (χ3v) is 5.36. The van der Waals surface area contributed by atoms with Crippen LogP contribution in [0.15, 0.2) is 53.9 Å². The lowest BCUT2D eigenvalue weighted by Crippen LogP contribution is -2.30. The highest BCUT2D eigenvalue weighted by atomic mass is 32.1. The Bertz CT molecular complexity index is 1040. The summed E-state index contributed by atoms with van der Waals surface area (Å²) in [5.41, 5.74) is 1.53. The minimum Gasteiger partial charge on any atom is -0.496 e. The number of ether oxygens (including phenoxy) is 1. The number of nitrogens with one attached hydrogen (secondary N) is 1. The van der Waals surface area contributed by atoms with Crippen molar-refractivity contribution in [2.45, 2.75) is 12.8 Å². The van der Waals surface area contributed by atoms with E-state index in [1.54, 1.807) is 30.5 Å². The molecule has 0 spiro atoms. The molecule has 0 saturated heterocycles. The molecule has 0 saturated carbocycles. The molecule has 1 heterocycles. The number of anilines is 1. The molecule has 1 N–H and O–H groups in total. The highest BCUT2D eigenvalue weighted by molar-refractivity contribution is 7.14. The molecule has 3 aromatic rings. The van der Waals surface area contributed by atoms with Crippen LogP contribution in [0, 0.1) is 5.82 Å². The zero-order valence-corrected chi connectivity index (χ0v) is 17.5. The summed E-state index contributed by atoms with van der Waals surface area (Å²) in [6, 6.07) is 13.4. The number of hydrogen-bond acceptors (Lipinski definition) is 5. The number of rotatable bonds is 8. The number of likely N-dealkylation sites (N-methyl/N-ethyl adjacent to an activating group) is 1. The molecule has 0 aliphatic heterocycles. The molecule has 8 heteroatoms. The summed E-state index contributed by atoms with van der Waals surface area (Å²) >= 11 is 1.19. The van der Waals surface area contributed by atoms with Gasteiger partial charge in [-0.05, 0) is 30.2 Å². The van der Waals surface area contributed by atoms with Crippen LogP contribution in [0.5, 0.6) is 5.75 Å². The smallest absolute Gasteiger partial charge is 0.260 e. The SMILES string of the molecule is COc1ccccc1CCN(C)C(=O)Cc1csc(NC(=O)c2ccccc2F)n1. The monoisotopic (exact) mass is 427 g/mol. The van der Waals surface area contributed by atoms with Gasteiger partial charge in [0.1, 0.15) is 11.6 Å². The van der Waals surface area contributed by atoms with E-state index in [9.17, 15) is 14.0 Å². The molecule has 0 unspecified atom stereocenters. The van der Waals surface area contributed by atoms with Gasteiger partial charge in [0.2, 0.25) is 5.91 Å². The summed E-state index contributed by atoms with van der Waals surface area (Å²) in [7, 11) is 3.36. The molecular weight excluding hydrogens is 405 g/mol. The quantitative estimate of drug-likeness (QED) is 0.594. The van der Waals surface area contributed by atoms with E-state index < -0.39 is 11.7 Å². The van der Waals surface area contributed by atoms with Crippen LogP contribution in [-0.4, -0.2) is 42.4 Å². The maximum absolute atomic E-state index is 13.7. The molecule has 2 amide bonds. The summed E-state index contributed by atoms with van der Waals surface area (Å²) < 4.78 is 19.1. The van der Waals surface area contributed by atoms with Crippen LogP contribution >= 0.6 is 11.3 Å². The number of carbonyl (C=O) groups excluding carboxylic acids is 2. The maximum atomic E-state index is 13.7. The van der Waals surface area contributed by atoms with E-state index in [1.165, 1.54) is 29.5 Å². The lowest BCUT2D eigenvalue weighted by atomic mass is 10.1. The van der Waals surface area contributed by atoms with Crippen molar-refractivity contribution >= 4 is 28.3 Å². The fraction of sp³-hybridized carbons (Fsp3) is 0.227. The minimum absolute atomic E-state index is 0.0543. The zero-order chi connectivity index (χ0) is 21.5. The van der Waals surface area contributed by atoms with Crippen molar-refractivity contribution in [1.82, 2.24) is 9.88 Å². The number of para-hydroxylation sites is 1. The minimum atomic E-state index is -0.598. The second-order valence-corrected chi connectivity index (χ2v) is 7.49. The summed E-state index contributed by atoms with van der Waals surface area (Å²) in [6.07, 6.45) is 0.793. The first-order valence-electron chi connectivity index (χ1n) is 9.34. The molecule has 0 aliphatic carbocycles. The lowest BCUT2D eigenvalue weighted by molar-refractivity contribution is -0.129. The third kappa shape index (κ3) is 5.42. The van der Waals surface area contributed by atoms with Gasteiger partial charge >= 0.3 is 0 Å². The average molecular weight is 428 g/mol. The number of carbonyl (C=O) groups is 2. The van der Waals surface area contributed by atoms with Crippen LogP contribution in [0.1, 0.15) is 21.6 Å². The molecule has 3 rings (SSSR count). The molecule has 0 bridgehead atoms. The number of methoxy groups -OCH3 is 1. The molecule has 6 nitrogen and oxygen atoms in total. The van der Waals surface area contributed by atoms with Crippen LogP contribution in [0.2, 0.25) is 0 Å². The first-order valence-corrected chi connectivity index (χ1v) is 10.2. The van der Waals surface area contributed by atoms with Crippen LogP contribution in [0.3, 0.4) is 0 Å². The second kappa shape index (κ2) is 9.98. The van der Waals surface area contributed by atoms with Gasteiger partial charge in [-0.3, -0.25) is 14.9 Å². The number of amides is 2. The summed E-state index contributed by atoms with van der Waals surface area (Å²) in [6.45, 7) is 0.542. The lowest BCUT2D eigenvalue weighted by Gasteiger charge is -2.17. The van der Waals surface area contributed by atoms with E-state index >= 15 is 0 Å². The predicted octanol–water partition coefficient (Wildman–Crippen LogP) is 3.79. The van der Waals surface area contributed by atoms with Gasteiger partial charge in [0.05, 0.1) is 24.8 Å². The van der Waals surface area contributed by atoms with E-state index in [0.717, 1.165) is 11.3 Å². The number of thiazole rings is 1. The number of nitrogens with zero attached hydrogens (tertiary/aromatic N) is 2. The average Bonchev–Trinajstić information content (AvgIpc) is 3.18. The van der Waals surface area contributed by atoms with Crippen LogP contribution < -0.4 is 10.1 Å². The Hall–Kier alpha value is -3.26. The Morgan fingerprint density at radius 1 is 1.17 bits per heavy atom. The maximum Gasteiger partial charge on any atom is 0.260 e. The second-order valence-electron chi connectivity index (χ2n) is 6.63. The molecular formula is C22H22FN3O3S. The topological polar surface area (TPSA) is 71.5 Å². The van der Waals surface area contributed by atoms with Gasteiger partial charge in [0.15, 0.2) is 5.13 Å². The van der Waals surface area contributed by atoms with Crippen molar-refractivity contribution in [3.8, 4) is 5.75 Å². The fourth-order valence-electron chi connectivity index (χ4n) is 2.87. The van der Waals surface area contributed by atoms with Crippen molar-refractivity contribution in [2.24, 2.45) is 0 Å². The normalized spacial score (nSPS) is 10.5. The van der Waals surface area contributed by atoms with Crippen LogP contribution in [-0.2, 0) is 17.6 Å². The van der Waals surface area contributed by atoms with E-state index in [1.807, 2.05) is 24.3 Å². The number of hydrogen-bond donors (Lipinski definition) is 1. The van der Waals surface area contributed by atoms with E-state index in [4.69, 9.17) is 4.74 Å². The van der Waals surface area contributed by atoms with E-state index in [-0.39, 0.29) is 17.9 Å². The van der Waals surface area contributed by atoms with Crippen molar-refractivity contribution in [3.05, 3.63) is 76.5 Å². The Morgan fingerprint density at radius 2 is 1.90 bits per heavy atom. The standard InChI is InChI=1S/C22H22FN3O3S/c1-26(12-11-15-7-3-6-10-19(15)29-2)20(27)13-16-14-30-22(24-16)25-21(28)17-8-4-5-9-18(17)23/h3-10,14H,11-13H2,1-2H3,(H,24,25,28). The molecule has 0 atom stereocenters.